The van der Waals surface area contributed by atoms with Crippen LogP contribution >= 0.6 is 31.9 Å². The molecule has 0 aromatic heterocycles. The molecule has 6 heteroatoms. The second-order valence-corrected chi connectivity index (χ2v) is 9.20. The first-order chi connectivity index (χ1) is 13.7. The molecule has 4 nitrogen and oxygen atoms in total. The van der Waals surface area contributed by atoms with Gasteiger partial charge in [-0.05, 0) is 53.0 Å². The molecule has 29 heavy (non-hydrogen) atoms. The van der Waals surface area contributed by atoms with Gasteiger partial charge in [-0.3, -0.25) is 9.59 Å². The van der Waals surface area contributed by atoms with Gasteiger partial charge in [0.1, 0.15) is 0 Å². The summed E-state index contributed by atoms with van der Waals surface area (Å²) >= 11 is 6.76. The zero-order chi connectivity index (χ0) is 21.3. The van der Waals surface area contributed by atoms with Crippen molar-refractivity contribution in [2.45, 2.75) is 13.8 Å². The van der Waals surface area contributed by atoms with Crippen molar-refractivity contribution in [3.8, 4) is 0 Å². The maximum atomic E-state index is 12.0. The first-order valence-corrected chi connectivity index (χ1v) is 10.8. The van der Waals surface area contributed by atoms with Crippen molar-refractivity contribution in [3.63, 3.8) is 0 Å². The molecule has 0 bridgehead atoms. The quantitative estimate of drug-likeness (QED) is 0.471. The van der Waals surface area contributed by atoms with Gasteiger partial charge in [-0.2, -0.15) is 0 Å². The first-order valence-electron chi connectivity index (χ1n) is 9.16. The third-order valence-corrected chi connectivity index (χ3v) is 5.13. The molecule has 0 fully saturated rings. The number of carbonyl (C=O) groups is 2. The Bertz CT molecular complexity index is 813. The summed E-state index contributed by atoms with van der Waals surface area (Å²) in [4.78, 5) is 24.1. The molecule has 0 radical (unpaired) electrons. The van der Waals surface area contributed by atoms with Crippen LogP contribution in [0.1, 0.15) is 25.0 Å². The molecule has 2 aromatic carbocycles. The van der Waals surface area contributed by atoms with E-state index in [9.17, 15) is 9.59 Å². The smallest absolute Gasteiger partial charge is 0.244 e. The number of hydrogen-bond acceptors (Lipinski definition) is 2. The third kappa shape index (κ3) is 9.24. The van der Waals surface area contributed by atoms with Gasteiger partial charge in [0, 0.05) is 34.2 Å². The van der Waals surface area contributed by atoms with E-state index in [0.29, 0.717) is 13.1 Å². The molecule has 2 amide bonds. The molecule has 2 N–H and O–H groups in total. The Morgan fingerprint density at radius 3 is 1.45 bits per heavy atom. The Kier molecular flexibility index (Phi) is 8.86. The van der Waals surface area contributed by atoms with Gasteiger partial charge in [0.2, 0.25) is 11.8 Å². The maximum Gasteiger partial charge on any atom is 0.244 e. The molecule has 152 valence electrons. The topological polar surface area (TPSA) is 58.2 Å². The van der Waals surface area contributed by atoms with E-state index >= 15 is 0 Å². The van der Waals surface area contributed by atoms with Crippen LogP contribution in [0.3, 0.4) is 0 Å². The van der Waals surface area contributed by atoms with Gasteiger partial charge >= 0.3 is 0 Å². The van der Waals surface area contributed by atoms with Crippen LogP contribution in [0.2, 0.25) is 0 Å². The summed E-state index contributed by atoms with van der Waals surface area (Å²) in [5.41, 5.74) is 1.63. The minimum Gasteiger partial charge on any atom is -0.352 e. The van der Waals surface area contributed by atoms with Gasteiger partial charge in [-0.1, -0.05) is 70.0 Å². The molecule has 0 unspecified atom stereocenters. The highest BCUT2D eigenvalue weighted by Gasteiger charge is 2.19. The monoisotopic (exact) mass is 518 g/mol. The third-order valence-electron chi connectivity index (χ3n) is 4.08. The van der Waals surface area contributed by atoms with Crippen LogP contribution in [0.5, 0.6) is 0 Å². The van der Waals surface area contributed by atoms with E-state index in [1.807, 2.05) is 62.4 Å². The van der Waals surface area contributed by atoms with Crippen LogP contribution < -0.4 is 10.6 Å². The molecule has 0 saturated carbocycles. The van der Waals surface area contributed by atoms with E-state index in [1.165, 1.54) is 12.2 Å². The lowest BCUT2D eigenvalue weighted by molar-refractivity contribution is -0.116. The zero-order valence-electron chi connectivity index (χ0n) is 16.4. The lowest BCUT2D eigenvalue weighted by Gasteiger charge is -2.24. The average molecular weight is 520 g/mol. The number of carbonyl (C=O) groups excluding carboxylic acids is 2. The fourth-order valence-electron chi connectivity index (χ4n) is 2.32. The highest BCUT2D eigenvalue weighted by Crippen LogP contribution is 2.14. The molecule has 2 rings (SSSR count). The van der Waals surface area contributed by atoms with E-state index in [0.717, 1.165) is 20.1 Å². The van der Waals surface area contributed by atoms with Crippen molar-refractivity contribution in [1.82, 2.24) is 10.6 Å². The lowest BCUT2D eigenvalue weighted by Crippen LogP contribution is -2.41. The van der Waals surface area contributed by atoms with Crippen LogP contribution in [0.25, 0.3) is 12.2 Å². The minimum absolute atomic E-state index is 0.164. The molecule has 0 atom stereocenters. The van der Waals surface area contributed by atoms with Gasteiger partial charge in [0.25, 0.3) is 0 Å². The first kappa shape index (κ1) is 23.1. The summed E-state index contributed by atoms with van der Waals surface area (Å²) in [6.07, 6.45) is 6.56. The lowest BCUT2D eigenvalue weighted by atomic mass is 9.93. The Labute approximate surface area is 188 Å². The number of halogens is 2. The van der Waals surface area contributed by atoms with E-state index < -0.39 is 0 Å². The molecule has 0 aliphatic carbocycles. The van der Waals surface area contributed by atoms with Crippen molar-refractivity contribution in [2.75, 3.05) is 13.1 Å². The van der Waals surface area contributed by atoms with Gasteiger partial charge in [-0.15, -0.1) is 0 Å². The number of amides is 2. The summed E-state index contributed by atoms with van der Waals surface area (Å²) in [6, 6.07) is 15.4. The van der Waals surface area contributed by atoms with Crippen molar-refractivity contribution in [2.24, 2.45) is 5.41 Å². The summed E-state index contributed by atoms with van der Waals surface area (Å²) in [6.45, 7) is 4.88. The Morgan fingerprint density at radius 2 is 1.10 bits per heavy atom. The van der Waals surface area contributed by atoms with Crippen molar-refractivity contribution in [1.29, 1.82) is 0 Å². The molecular formula is C23H24Br2N2O2. The molecule has 0 saturated heterocycles. The van der Waals surface area contributed by atoms with Crippen molar-refractivity contribution < 1.29 is 9.59 Å². The van der Waals surface area contributed by atoms with E-state index in [2.05, 4.69) is 42.5 Å². The average Bonchev–Trinajstić information content (AvgIpc) is 2.70. The highest BCUT2D eigenvalue weighted by atomic mass is 79.9. The second-order valence-electron chi connectivity index (χ2n) is 7.37. The van der Waals surface area contributed by atoms with E-state index in [-0.39, 0.29) is 17.2 Å². The minimum atomic E-state index is -0.276. The fourth-order valence-corrected chi connectivity index (χ4v) is 2.85. The predicted molar refractivity (Wildman–Crippen MR) is 126 cm³/mol. The largest absolute Gasteiger partial charge is 0.352 e. The van der Waals surface area contributed by atoms with Gasteiger partial charge in [0.05, 0.1) is 0 Å². The SMILES string of the molecule is CC(C)(CNC(=O)C=Cc1ccc(Br)cc1)CNC(=O)C=Cc1ccc(Br)cc1. The van der Waals surface area contributed by atoms with E-state index in [1.54, 1.807) is 12.2 Å². The normalized spacial score (nSPS) is 11.7. The number of nitrogens with one attached hydrogen (secondary N) is 2. The second kappa shape index (κ2) is 11.1. The Morgan fingerprint density at radius 1 is 0.759 bits per heavy atom. The highest BCUT2D eigenvalue weighted by molar-refractivity contribution is 9.10. The Hall–Kier alpha value is -2.18. The zero-order valence-corrected chi connectivity index (χ0v) is 19.6. The number of hydrogen-bond donors (Lipinski definition) is 2. The van der Waals surface area contributed by atoms with Crippen molar-refractivity contribution in [3.05, 3.63) is 80.8 Å². The van der Waals surface area contributed by atoms with E-state index in [4.69, 9.17) is 0 Å². The standard InChI is InChI=1S/C23H24Br2N2O2/c1-23(2,15-26-21(28)13-7-17-3-9-19(24)10-4-17)16-27-22(29)14-8-18-5-11-20(25)12-6-18/h3-14H,15-16H2,1-2H3,(H,26,28)(H,27,29). The Balaban J connectivity index is 1.75. The fraction of sp³-hybridized carbons (Fsp3) is 0.217. The summed E-state index contributed by atoms with van der Waals surface area (Å²) < 4.78 is 1.99. The summed E-state index contributed by atoms with van der Waals surface area (Å²) in [5, 5.41) is 5.77. The van der Waals surface area contributed by atoms with Crippen LogP contribution in [0.15, 0.2) is 69.6 Å². The van der Waals surface area contributed by atoms with Crippen LogP contribution in [0, 0.1) is 5.41 Å². The molecule has 0 heterocycles. The molecular weight excluding hydrogens is 496 g/mol. The van der Waals surface area contributed by atoms with Gasteiger partial charge in [0.15, 0.2) is 0 Å². The molecule has 0 aliphatic heterocycles. The van der Waals surface area contributed by atoms with Crippen molar-refractivity contribution >= 4 is 55.8 Å². The summed E-state index contributed by atoms with van der Waals surface area (Å²) in [7, 11) is 0. The van der Waals surface area contributed by atoms with Crippen LogP contribution in [-0.2, 0) is 9.59 Å². The van der Waals surface area contributed by atoms with Gasteiger partial charge in [-0.25, -0.2) is 0 Å². The van der Waals surface area contributed by atoms with Crippen LogP contribution in [0.4, 0.5) is 0 Å². The van der Waals surface area contributed by atoms with Gasteiger partial charge < -0.3 is 10.6 Å². The summed E-state index contributed by atoms with van der Waals surface area (Å²) in [5.74, 6) is -0.329. The maximum absolute atomic E-state index is 12.0. The molecule has 0 aliphatic rings. The van der Waals surface area contributed by atoms with Crippen LogP contribution in [-0.4, -0.2) is 24.9 Å². The number of benzene rings is 2. The predicted octanol–water partition coefficient (Wildman–Crippen LogP) is 5.20. The molecule has 0 spiro atoms. The molecule has 2 aromatic rings. The number of rotatable bonds is 8.